The molecule has 1 aliphatic rings. The van der Waals surface area contributed by atoms with Gasteiger partial charge in [0.25, 0.3) is 0 Å². The quantitative estimate of drug-likeness (QED) is 0.722. The number of amides is 1. The summed E-state index contributed by atoms with van der Waals surface area (Å²) in [7, 11) is 0. The van der Waals surface area contributed by atoms with E-state index in [1.54, 1.807) is 6.20 Å². The van der Waals surface area contributed by atoms with Crippen LogP contribution >= 0.6 is 0 Å². The molecule has 4 heteroatoms. The van der Waals surface area contributed by atoms with Crippen molar-refractivity contribution in [3.05, 3.63) is 11.9 Å². The average molecular weight is 179 g/mol. The Labute approximate surface area is 76.8 Å². The van der Waals surface area contributed by atoms with E-state index < -0.39 is 0 Å². The molecular formula is C9H13N3O. The molecule has 2 rings (SSSR count). The maximum Gasteiger partial charge on any atom is 0.232 e. The number of aromatic amines is 1. The third kappa shape index (κ3) is 1.56. The largest absolute Gasteiger partial charge is 0.328 e. The minimum Gasteiger partial charge on any atom is -0.328 e. The van der Waals surface area contributed by atoms with E-state index in [0.29, 0.717) is 5.95 Å². The fourth-order valence-corrected chi connectivity index (χ4v) is 1.15. The number of aryl methyl sites for hydroxylation is 1. The van der Waals surface area contributed by atoms with Crippen molar-refractivity contribution in [3.8, 4) is 0 Å². The maximum atomic E-state index is 11.5. The minimum absolute atomic E-state index is 0.0712. The third-order valence-electron chi connectivity index (χ3n) is 2.48. The number of imidazole rings is 1. The van der Waals surface area contributed by atoms with Crippen LogP contribution in [0.3, 0.4) is 0 Å². The van der Waals surface area contributed by atoms with E-state index in [9.17, 15) is 4.79 Å². The summed E-state index contributed by atoms with van der Waals surface area (Å²) < 4.78 is 0. The van der Waals surface area contributed by atoms with Crippen LogP contribution in [0.2, 0.25) is 0 Å². The van der Waals surface area contributed by atoms with Crippen molar-refractivity contribution in [2.75, 3.05) is 5.32 Å². The minimum atomic E-state index is -0.138. The van der Waals surface area contributed by atoms with Gasteiger partial charge >= 0.3 is 0 Å². The third-order valence-corrected chi connectivity index (χ3v) is 2.48. The van der Waals surface area contributed by atoms with Crippen LogP contribution in [0.25, 0.3) is 0 Å². The number of aromatic nitrogens is 2. The summed E-state index contributed by atoms with van der Waals surface area (Å²) in [4.78, 5) is 18.5. The first kappa shape index (κ1) is 8.29. The van der Waals surface area contributed by atoms with Crippen molar-refractivity contribution < 1.29 is 4.79 Å². The van der Waals surface area contributed by atoms with Crippen molar-refractivity contribution in [2.45, 2.75) is 26.7 Å². The molecule has 1 amide bonds. The molecule has 0 aromatic carbocycles. The zero-order chi connectivity index (χ0) is 9.47. The lowest BCUT2D eigenvalue weighted by atomic mass is 10.1. The molecule has 1 aliphatic carbocycles. The molecule has 1 saturated carbocycles. The van der Waals surface area contributed by atoms with Gasteiger partial charge < -0.3 is 4.98 Å². The Balaban J connectivity index is 2.02. The second-order valence-electron chi connectivity index (χ2n) is 3.93. The monoisotopic (exact) mass is 179 g/mol. The highest BCUT2D eigenvalue weighted by molar-refractivity contribution is 5.95. The lowest BCUT2D eigenvalue weighted by Crippen LogP contribution is -2.21. The maximum absolute atomic E-state index is 11.5. The molecule has 0 atom stereocenters. The number of carbonyl (C=O) groups excluding carboxylic acids is 1. The number of anilines is 1. The first-order chi connectivity index (χ1) is 6.10. The fraction of sp³-hybridized carbons (Fsp3) is 0.556. The Morgan fingerprint density at radius 2 is 2.38 bits per heavy atom. The summed E-state index contributed by atoms with van der Waals surface area (Å²) in [6.07, 6.45) is 3.67. The van der Waals surface area contributed by atoms with Crippen LogP contribution in [0.15, 0.2) is 6.20 Å². The number of hydrogen-bond donors (Lipinski definition) is 2. The molecule has 1 aromatic rings. The van der Waals surface area contributed by atoms with E-state index in [4.69, 9.17) is 0 Å². The molecule has 70 valence electrons. The summed E-state index contributed by atoms with van der Waals surface area (Å²) >= 11 is 0. The van der Waals surface area contributed by atoms with Crippen LogP contribution in [0.1, 0.15) is 25.5 Å². The van der Waals surface area contributed by atoms with E-state index in [1.165, 1.54) is 0 Å². The van der Waals surface area contributed by atoms with Crippen molar-refractivity contribution in [1.82, 2.24) is 9.97 Å². The Hall–Kier alpha value is -1.32. The van der Waals surface area contributed by atoms with Gasteiger partial charge in [0.1, 0.15) is 0 Å². The Morgan fingerprint density at radius 3 is 2.85 bits per heavy atom. The van der Waals surface area contributed by atoms with E-state index in [0.717, 1.165) is 18.5 Å². The molecule has 0 bridgehead atoms. The van der Waals surface area contributed by atoms with Crippen molar-refractivity contribution in [1.29, 1.82) is 0 Å². The first-order valence-electron chi connectivity index (χ1n) is 4.43. The average Bonchev–Trinajstić information content (AvgIpc) is 2.69. The molecule has 0 spiro atoms. The predicted molar refractivity (Wildman–Crippen MR) is 49.3 cm³/mol. The van der Waals surface area contributed by atoms with Gasteiger partial charge in [-0.15, -0.1) is 0 Å². The van der Waals surface area contributed by atoms with E-state index in [1.807, 2.05) is 13.8 Å². The van der Waals surface area contributed by atoms with Crippen LogP contribution in [0, 0.1) is 12.3 Å². The summed E-state index contributed by atoms with van der Waals surface area (Å²) in [5.41, 5.74) is 0.817. The molecule has 4 nitrogen and oxygen atoms in total. The summed E-state index contributed by atoms with van der Waals surface area (Å²) in [6, 6.07) is 0. The molecule has 0 aliphatic heterocycles. The highest BCUT2D eigenvalue weighted by Crippen LogP contribution is 2.45. The van der Waals surface area contributed by atoms with Crippen LogP contribution < -0.4 is 5.32 Å². The molecule has 13 heavy (non-hydrogen) atoms. The predicted octanol–water partition coefficient (Wildman–Crippen LogP) is 1.46. The lowest BCUT2D eigenvalue weighted by molar-refractivity contribution is -0.120. The molecule has 0 saturated heterocycles. The van der Waals surface area contributed by atoms with E-state index >= 15 is 0 Å². The number of rotatable bonds is 2. The second kappa shape index (κ2) is 2.58. The normalized spacial score (nSPS) is 18.3. The van der Waals surface area contributed by atoms with Gasteiger partial charge in [0.2, 0.25) is 11.9 Å². The van der Waals surface area contributed by atoms with Gasteiger partial charge in [0.05, 0.1) is 0 Å². The van der Waals surface area contributed by atoms with Crippen LogP contribution in [0.5, 0.6) is 0 Å². The molecule has 0 unspecified atom stereocenters. The van der Waals surface area contributed by atoms with Crippen LogP contribution in [0.4, 0.5) is 5.95 Å². The Kier molecular flexibility index (Phi) is 1.65. The topological polar surface area (TPSA) is 57.8 Å². The zero-order valence-electron chi connectivity index (χ0n) is 7.85. The van der Waals surface area contributed by atoms with Gasteiger partial charge in [-0.05, 0) is 19.8 Å². The first-order valence-corrected chi connectivity index (χ1v) is 4.43. The molecule has 2 N–H and O–H groups in total. The van der Waals surface area contributed by atoms with Gasteiger partial charge in [-0.3, -0.25) is 10.1 Å². The number of carbonyl (C=O) groups is 1. The van der Waals surface area contributed by atoms with E-state index in [-0.39, 0.29) is 11.3 Å². The Bertz CT molecular complexity index is 338. The van der Waals surface area contributed by atoms with Crippen molar-refractivity contribution in [2.24, 2.45) is 5.41 Å². The van der Waals surface area contributed by atoms with Gasteiger partial charge in [-0.2, -0.15) is 0 Å². The fourth-order valence-electron chi connectivity index (χ4n) is 1.15. The van der Waals surface area contributed by atoms with Gasteiger partial charge in [0, 0.05) is 17.3 Å². The zero-order valence-corrected chi connectivity index (χ0v) is 7.85. The number of hydrogen-bond acceptors (Lipinski definition) is 2. The molecule has 1 fully saturated rings. The standard InChI is InChI=1S/C9H13N3O/c1-6-5-10-8(11-6)12-7(13)9(2)3-4-9/h5H,3-4H2,1-2H3,(H2,10,11,12,13). The molecule has 1 aromatic heterocycles. The smallest absolute Gasteiger partial charge is 0.232 e. The van der Waals surface area contributed by atoms with Crippen molar-refractivity contribution in [3.63, 3.8) is 0 Å². The highest BCUT2D eigenvalue weighted by atomic mass is 16.2. The van der Waals surface area contributed by atoms with Crippen molar-refractivity contribution >= 4 is 11.9 Å². The van der Waals surface area contributed by atoms with Gasteiger partial charge in [-0.1, -0.05) is 6.92 Å². The highest BCUT2D eigenvalue weighted by Gasteiger charge is 2.45. The summed E-state index contributed by atoms with van der Waals surface area (Å²) in [6.45, 7) is 3.87. The van der Waals surface area contributed by atoms with E-state index in [2.05, 4.69) is 15.3 Å². The number of H-pyrrole nitrogens is 1. The van der Waals surface area contributed by atoms with Crippen LogP contribution in [-0.4, -0.2) is 15.9 Å². The van der Waals surface area contributed by atoms with Gasteiger partial charge in [0.15, 0.2) is 0 Å². The molecule has 0 radical (unpaired) electrons. The Morgan fingerprint density at radius 1 is 1.69 bits per heavy atom. The van der Waals surface area contributed by atoms with Crippen LogP contribution in [-0.2, 0) is 4.79 Å². The number of nitrogens with zero attached hydrogens (tertiary/aromatic N) is 1. The SMILES string of the molecule is Cc1cnc(NC(=O)C2(C)CC2)[nH]1. The molecular weight excluding hydrogens is 166 g/mol. The lowest BCUT2D eigenvalue weighted by Gasteiger charge is -2.06. The number of nitrogens with one attached hydrogen (secondary N) is 2. The summed E-state index contributed by atoms with van der Waals surface area (Å²) in [5, 5.41) is 2.76. The second-order valence-corrected chi connectivity index (χ2v) is 3.93. The summed E-state index contributed by atoms with van der Waals surface area (Å²) in [5.74, 6) is 0.623. The molecule has 1 heterocycles. The van der Waals surface area contributed by atoms with Gasteiger partial charge in [-0.25, -0.2) is 4.98 Å².